The van der Waals surface area contributed by atoms with Crippen molar-refractivity contribution < 1.29 is 13.2 Å². The summed E-state index contributed by atoms with van der Waals surface area (Å²) >= 11 is 0.918. The van der Waals surface area contributed by atoms with Crippen LogP contribution in [0.5, 0.6) is 0 Å². The number of hydrogen-bond donors (Lipinski definition) is 1. The van der Waals surface area contributed by atoms with Crippen molar-refractivity contribution in [3.63, 3.8) is 0 Å². The van der Waals surface area contributed by atoms with E-state index in [0.717, 1.165) is 24.2 Å². The predicted molar refractivity (Wildman–Crippen MR) is 85.5 cm³/mol. The molecule has 0 aromatic carbocycles. The van der Waals surface area contributed by atoms with E-state index in [1.165, 1.54) is 19.0 Å². The highest BCUT2D eigenvalue weighted by Crippen LogP contribution is 2.19. The Labute approximate surface area is 130 Å². The molecule has 118 valence electrons. The zero-order valence-corrected chi connectivity index (χ0v) is 14.1. The zero-order valence-electron chi connectivity index (χ0n) is 12.5. The molecule has 1 aromatic heterocycles. The number of thiazole rings is 1. The van der Waals surface area contributed by atoms with Gasteiger partial charge < -0.3 is 5.32 Å². The maximum absolute atomic E-state index is 11.8. The Bertz CT molecular complexity index is 577. The monoisotopic (exact) mass is 330 g/mol. The van der Waals surface area contributed by atoms with Crippen molar-refractivity contribution in [2.24, 2.45) is 0 Å². The zero-order chi connectivity index (χ0) is 15.7. The highest BCUT2D eigenvalue weighted by atomic mass is 32.2. The van der Waals surface area contributed by atoms with E-state index in [9.17, 15) is 13.2 Å². The maximum Gasteiger partial charge on any atom is 0.263 e. The van der Waals surface area contributed by atoms with Crippen LogP contribution in [0.15, 0.2) is 22.7 Å². The third kappa shape index (κ3) is 5.97. The third-order valence-corrected chi connectivity index (χ3v) is 6.04. The van der Waals surface area contributed by atoms with Crippen molar-refractivity contribution in [2.45, 2.75) is 43.9 Å². The number of rotatable bonds is 9. The third-order valence-electron chi connectivity index (χ3n) is 2.84. The minimum atomic E-state index is -3.33. The second kappa shape index (κ2) is 8.94. The Morgan fingerprint density at radius 2 is 2.05 bits per heavy atom. The number of sulfone groups is 1. The van der Waals surface area contributed by atoms with Crippen LogP contribution in [0.1, 0.15) is 49.2 Å². The lowest BCUT2D eigenvalue weighted by Crippen LogP contribution is -2.23. The van der Waals surface area contributed by atoms with E-state index >= 15 is 0 Å². The van der Waals surface area contributed by atoms with Crippen LogP contribution >= 0.6 is 11.3 Å². The first-order valence-corrected chi connectivity index (χ1v) is 9.60. The van der Waals surface area contributed by atoms with E-state index in [2.05, 4.69) is 29.4 Å². The molecule has 1 heterocycles. The molecule has 0 aliphatic carbocycles. The summed E-state index contributed by atoms with van der Waals surface area (Å²) < 4.78 is 23.3. The number of amides is 1. The van der Waals surface area contributed by atoms with Gasteiger partial charge in [0, 0.05) is 6.54 Å². The van der Waals surface area contributed by atoms with Gasteiger partial charge in [0.05, 0.1) is 11.9 Å². The van der Waals surface area contributed by atoms with E-state index in [-0.39, 0.29) is 16.0 Å². The van der Waals surface area contributed by atoms with E-state index in [1.807, 2.05) is 0 Å². The molecule has 0 saturated heterocycles. The number of nitrogens with one attached hydrogen (secondary N) is 1. The molecule has 1 N–H and O–H groups in total. The minimum absolute atomic E-state index is 0.00890. The first kappa shape index (κ1) is 17.8. The van der Waals surface area contributed by atoms with Crippen LogP contribution in [0.4, 0.5) is 0 Å². The lowest BCUT2D eigenvalue weighted by Gasteiger charge is -2.00. The molecule has 1 amide bonds. The van der Waals surface area contributed by atoms with Crippen LogP contribution in [0.2, 0.25) is 0 Å². The van der Waals surface area contributed by atoms with Gasteiger partial charge in [-0.1, -0.05) is 50.2 Å². The van der Waals surface area contributed by atoms with Crippen LogP contribution in [-0.4, -0.2) is 31.6 Å². The minimum Gasteiger partial charge on any atom is -0.351 e. The SMILES string of the molecule is CCCC/C=C\CCNC(=O)c1cnc(S(=O)(=O)CC)s1. The molecule has 0 saturated carbocycles. The highest BCUT2D eigenvalue weighted by molar-refractivity contribution is 7.93. The summed E-state index contributed by atoms with van der Waals surface area (Å²) in [6, 6.07) is 0. The number of carbonyl (C=O) groups is 1. The van der Waals surface area contributed by atoms with Crippen molar-refractivity contribution in [1.29, 1.82) is 0 Å². The Hall–Kier alpha value is -1.21. The summed E-state index contributed by atoms with van der Waals surface area (Å²) in [5, 5.41) is 2.76. The van der Waals surface area contributed by atoms with Crippen LogP contribution in [0, 0.1) is 0 Å². The Morgan fingerprint density at radius 1 is 1.33 bits per heavy atom. The second-order valence-electron chi connectivity index (χ2n) is 4.55. The van der Waals surface area contributed by atoms with E-state index in [0.29, 0.717) is 11.4 Å². The van der Waals surface area contributed by atoms with Gasteiger partial charge in [-0.15, -0.1) is 0 Å². The van der Waals surface area contributed by atoms with E-state index < -0.39 is 9.84 Å². The molecule has 0 aliphatic rings. The molecule has 0 fully saturated rings. The van der Waals surface area contributed by atoms with Gasteiger partial charge in [0.25, 0.3) is 5.91 Å². The van der Waals surface area contributed by atoms with Gasteiger partial charge in [-0.05, 0) is 12.8 Å². The number of carbonyl (C=O) groups excluding carboxylic acids is 1. The highest BCUT2D eigenvalue weighted by Gasteiger charge is 2.18. The molecule has 1 aromatic rings. The Balaban J connectivity index is 2.41. The lowest BCUT2D eigenvalue weighted by molar-refractivity contribution is 0.0958. The van der Waals surface area contributed by atoms with Gasteiger partial charge >= 0.3 is 0 Å². The standard InChI is InChI=1S/C14H22N2O3S2/c1-3-5-6-7-8-9-10-15-13(17)12-11-16-14(20-12)21(18,19)4-2/h7-8,11H,3-6,9-10H2,1-2H3,(H,15,17)/b8-7-. The molecule has 0 atom stereocenters. The van der Waals surface area contributed by atoms with Crippen molar-refractivity contribution in [3.8, 4) is 0 Å². The number of nitrogens with zero attached hydrogens (tertiary/aromatic N) is 1. The van der Waals surface area contributed by atoms with Crippen LogP contribution < -0.4 is 5.32 Å². The molecule has 1 rings (SSSR count). The van der Waals surface area contributed by atoms with Crippen LogP contribution in [-0.2, 0) is 9.84 Å². The average Bonchev–Trinajstić information content (AvgIpc) is 2.97. The molecule has 0 bridgehead atoms. The summed E-state index contributed by atoms with van der Waals surface area (Å²) in [5.74, 6) is -0.281. The molecule has 5 nitrogen and oxygen atoms in total. The topological polar surface area (TPSA) is 76.1 Å². The van der Waals surface area contributed by atoms with Gasteiger partial charge in [0.15, 0.2) is 0 Å². The van der Waals surface area contributed by atoms with Crippen molar-refractivity contribution in [2.75, 3.05) is 12.3 Å². The molecule has 0 aliphatic heterocycles. The number of unbranched alkanes of at least 4 members (excludes halogenated alkanes) is 2. The maximum atomic E-state index is 11.8. The first-order chi connectivity index (χ1) is 10.0. The Morgan fingerprint density at radius 3 is 2.71 bits per heavy atom. The number of aromatic nitrogens is 1. The molecule has 0 unspecified atom stereocenters. The Kier molecular flexibility index (Phi) is 7.60. The van der Waals surface area contributed by atoms with Gasteiger partial charge in [-0.2, -0.15) is 0 Å². The fraction of sp³-hybridized carbons (Fsp3) is 0.571. The fourth-order valence-corrected chi connectivity index (χ4v) is 3.70. The summed E-state index contributed by atoms with van der Waals surface area (Å²) in [7, 11) is -3.33. The van der Waals surface area contributed by atoms with Gasteiger partial charge in [-0.3, -0.25) is 4.79 Å². The molecule has 7 heteroatoms. The number of hydrogen-bond acceptors (Lipinski definition) is 5. The molecular formula is C14H22N2O3S2. The van der Waals surface area contributed by atoms with E-state index in [1.54, 1.807) is 6.92 Å². The summed E-state index contributed by atoms with van der Waals surface area (Å²) in [4.78, 5) is 16.0. The average molecular weight is 330 g/mol. The van der Waals surface area contributed by atoms with Crippen molar-refractivity contribution >= 4 is 27.1 Å². The van der Waals surface area contributed by atoms with Gasteiger partial charge in [0.1, 0.15) is 4.88 Å². The quantitative estimate of drug-likeness (QED) is 0.558. The van der Waals surface area contributed by atoms with Crippen molar-refractivity contribution in [1.82, 2.24) is 10.3 Å². The van der Waals surface area contributed by atoms with Crippen LogP contribution in [0.25, 0.3) is 0 Å². The largest absolute Gasteiger partial charge is 0.351 e. The summed E-state index contributed by atoms with van der Waals surface area (Å²) in [5.41, 5.74) is 0. The van der Waals surface area contributed by atoms with Gasteiger partial charge in [0.2, 0.25) is 14.2 Å². The summed E-state index contributed by atoms with van der Waals surface area (Å²) in [6.45, 7) is 4.24. The summed E-state index contributed by atoms with van der Waals surface area (Å²) in [6.07, 6.45) is 9.68. The molecule has 21 heavy (non-hydrogen) atoms. The smallest absolute Gasteiger partial charge is 0.263 e. The second-order valence-corrected chi connectivity index (χ2v) is 8.03. The lowest BCUT2D eigenvalue weighted by atomic mass is 10.2. The van der Waals surface area contributed by atoms with Crippen LogP contribution in [0.3, 0.4) is 0 Å². The normalized spacial score (nSPS) is 11.9. The van der Waals surface area contributed by atoms with Gasteiger partial charge in [-0.25, -0.2) is 13.4 Å². The number of allylic oxidation sites excluding steroid dienone is 1. The van der Waals surface area contributed by atoms with E-state index in [4.69, 9.17) is 0 Å². The molecular weight excluding hydrogens is 308 g/mol. The molecule has 0 radical (unpaired) electrons. The fourth-order valence-electron chi connectivity index (χ4n) is 1.54. The molecule has 0 spiro atoms. The van der Waals surface area contributed by atoms with Crippen molar-refractivity contribution in [3.05, 3.63) is 23.2 Å². The first-order valence-electron chi connectivity index (χ1n) is 7.13. The predicted octanol–water partition coefficient (Wildman–Crippen LogP) is 2.80.